The van der Waals surface area contributed by atoms with Gasteiger partial charge in [0.25, 0.3) is 0 Å². The third kappa shape index (κ3) is 20.2. The number of rotatable bonds is 3. The number of carbonyl (C=O) groups is 1. The number of halogens is 5. The van der Waals surface area contributed by atoms with E-state index in [1.165, 1.54) is 19.3 Å². The maximum atomic E-state index is 10.2. The summed E-state index contributed by atoms with van der Waals surface area (Å²) < 4.78 is 5.21. The Morgan fingerprint density at radius 2 is 1.53 bits per heavy atom. The van der Waals surface area contributed by atoms with E-state index in [2.05, 4.69) is 0 Å². The molecule has 0 aromatic heterocycles. The Labute approximate surface area is 120 Å². The van der Waals surface area contributed by atoms with Crippen LogP contribution in [0.25, 0.3) is 0 Å². The van der Waals surface area contributed by atoms with Gasteiger partial charge in [-0.15, -0.1) is 0 Å². The van der Waals surface area contributed by atoms with Crippen LogP contribution in [0.15, 0.2) is 0 Å². The molecule has 1 rings (SSSR count). The molecule has 0 aromatic rings. The number of ether oxygens (including phenoxy) is 1. The van der Waals surface area contributed by atoms with Crippen LogP contribution in [0.2, 0.25) is 0 Å². The van der Waals surface area contributed by atoms with Crippen molar-refractivity contribution in [3.8, 4) is 0 Å². The normalized spacial score (nSPS) is 19.7. The summed E-state index contributed by atoms with van der Waals surface area (Å²) in [7, 11) is 25.2. The zero-order valence-corrected chi connectivity index (χ0v) is 15.3. The van der Waals surface area contributed by atoms with Gasteiger partial charge in [0.2, 0.25) is 6.61 Å². The Balaban J connectivity index is 0.000000366. The van der Waals surface area contributed by atoms with E-state index < -0.39 is 17.7 Å². The first kappa shape index (κ1) is 18.7. The molecule has 1 aliphatic carbocycles. The molecule has 0 amide bonds. The Morgan fingerprint density at radius 3 is 1.88 bits per heavy atom. The molecule has 1 fully saturated rings. The Kier molecular flexibility index (Phi) is 8.90. The summed E-state index contributed by atoms with van der Waals surface area (Å²) in [6.45, 7) is -0.0231. The summed E-state index contributed by atoms with van der Waals surface area (Å²) in [6, 6.07) is 0. The van der Waals surface area contributed by atoms with Crippen molar-refractivity contribution >= 4 is 61.8 Å². The van der Waals surface area contributed by atoms with Gasteiger partial charge in [0.15, 0.2) is 0 Å². The molecule has 0 unspecified atom stereocenters. The van der Waals surface area contributed by atoms with E-state index >= 15 is 0 Å². The maximum absolute atomic E-state index is 10.2. The zero-order chi connectivity index (χ0) is 13.6. The summed E-state index contributed by atoms with van der Waals surface area (Å²) in [4.78, 5) is 10.2. The van der Waals surface area contributed by atoms with E-state index in [9.17, 15) is 4.79 Å². The molecular weight excluding hydrogens is 443 g/mol. The molecule has 2 N–H and O–H groups in total. The van der Waals surface area contributed by atoms with Crippen molar-refractivity contribution in [2.45, 2.75) is 38.2 Å². The van der Waals surface area contributed by atoms with Gasteiger partial charge in [-0.05, 0) is 12.8 Å². The van der Waals surface area contributed by atoms with Crippen molar-refractivity contribution < 1.29 is 14.6 Å². The van der Waals surface area contributed by atoms with Crippen LogP contribution in [0.3, 0.4) is 0 Å². The third-order valence-corrected chi connectivity index (χ3v) is 2.00. The summed E-state index contributed by atoms with van der Waals surface area (Å²) in [5.41, 5.74) is 0. The second kappa shape index (κ2) is 8.09. The van der Waals surface area contributed by atoms with Crippen molar-refractivity contribution in [2.24, 2.45) is 0 Å². The van der Waals surface area contributed by atoms with Gasteiger partial charge in [-0.2, -0.15) is 0 Å². The molecule has 1 aliphatic rings. The van der Waals surface area contributed by atoms with E-state index in [0.717, 1.165) is 12.8 Å². The summed E-state index contributed by atoms with van der Waals surface area (Å²) in [5.74, 6) is -0.615. The topological polar surface area (TPSA) is 49.2 Å². The van der Waals surface area contributed by atoms with E-state index in [0.29, 0.717) is 0 Å². The molecule has 9 heteroatoms. The monoisotopic (exact) mass is 455 g/mol. The number of hydrogen-bond donors (Lipinski definition) is 0. The average Bonchev–Trinajstić information content (AvgIpc) is 2.12. The van der Waals surface area contributed by atoms with Crippen LogP contribution in [-0.4, -0.2) is 35.5 Å². The molecule has 104 valence electrons. The van der Waals surface area contributed by atoms with E-state index in [1.54, 1.807) is 0 Å². The molecule has 0 radical (unpaired) electrons. The summed E-state index contributed by atoms with van der Waals surface area (Å²) >= 11 is -4.33. The first-order valence-corrected chi connectivity index (χ1v) is 21.2. The van der Waals surface area contributed by atoms with Crippen molar-refractivity contribution in [3.63, 3.8) is 0 Å². The Morgan fingerprint density at radius 1 is 1.12 bits per heavy atom. The Bertz CT molecular complexity index is 230. The van der Waals surface area contributed by atoms with Gasteiger partial charge in [-0.3, -0.25) is 0 Å². The minimum absolute atomic E-state index is 0.0231. The van der Waals surface area contributed by atoms with Gasteiger partial charge >= 0.3 is 61.8 Å². The predicted octanol–water partition coefficient (Wildman–Crippen LogP) is 3.65. The Hall–Kier alpha value is 1.70. The fraction of sp³-hybridized carbons (Fsp3) is 0.875. The molecule has 0 saturated heterocycles. The fourth-order valence-corrected chi connectivity index (χ4v) is 1.43. The molecule has 0 spiro atoms. The quantitative estimate of drug-likeness (QED) is 0.479. The second-order valence-electron chi connectivity index (χ2n) is 3.63. The second-order valence-corrected chi connectivity index (χ2v) is 41.6. The SMILES string of the molecule is O=C([OH2+])COC1CCCCC1.[Cl][Sb]([Cl])([Cl])([Cl])[Cl]. The van der Waals surface area contributed by atoms with Crippen molar-refractivity contribution in [1.82, 2.24) is 0 Å². The molecule has 0 aromatic carbocycles. The summed E-state index contributed by atoms with van der Waals surface area (Å²) in [5, 5.41) is 6.63. The molecule has 1 saturated carbocycles. The standard InChI is InChI=1S/C8H14O3.5ClH.Sb/c9-8(10)6-11-7-4-2-1-3-5-7;;;;;;/h7H,1-6H2,(H,9,10);5*1H;/q;;;;;;+5/p-4. The molecular formula is C8H15Cl5O3Sb+. The number of hydrogen-bond acceptors (Lipinski definition) is 2. The van der Waals surface area contributed by atoms with E-state index in [-0.39, 0.29) is 12.7 Å². The molecule has 3 nitrogen and oxygen atoms in total. The van der Waals surface area contributed by atoms with Gasteiger partial charge in [-0.25, -0.2) is 0 Å². The van der Waals surface area contributed by atoms with Gasteiger partial charge in [0, 0.05) is 4.79 Å². The minimum atomic E-state index is -4.33. The van der Waals surface area contributed by atoms with E-state index in [1.807, 2.05) is 0 Å². The molecule has 0 aliphatic heterocycles. The van der Waals surface area contributed by atoms with Crippen LogP contribution < -0.4 is 0 Å². The molecule has 0 bridgehead atoms. The first-order chi connectivity index (χ1) is 7.52. The predicted molar refractivity (Wildman–Crippen MR) is 76.5 cm³/mol. The van der Waals surface area contributed by atoms with Gasteiger partial charge < -0.3 is 9.84 Å². The van der Waals surface area contributed by atoms with Crippen molar-refractivity contribution in [3.05, 3.63) is 0 Å². The van der Waals surface area contributed by atoms with Crippen molar-refractivity contribution in [1.29, 1.82) is 0 Å². The van der Waals surface area contributed by atoms with E-state index in [4.69, 9.17) is 54.0 Å². The number of carbonyl (C=O) groups excluding carboxylic acids is 1. The fourth-order valence-electron chi connectivity index (χ4n) is 1.43. The van der Waals surface area contributed by atoms with Crippen molar-refractivity contribution in [2.75, 3.05) is 6.61 Å². The van der Waals surface area contributed by atoms with Crippen LogP contribution >= 0.6 is 44.1 Å². The van der Waals surface area contributed by atoms with Gasteiger partial charge in [-0.1, -0.05) is 19.3 Å². The van der Waals surface area contributed by atoms with Crippen LogP contribution in [0.4, 0.5) is 0 Å². The van der Waals surface area contributed by atoms with Crippen LogP contribution in [0.5, 0.6) is 0 Å². The van der Waals surface area contributed by atoms with Gasteiger partial charge in [0.05, 0.1) is 6.10 Å². The molecule has 17 heavy (non-hydrogen) atoms. The van der Waals surface area contributed by atoms with Crippen LogP contribution in [0.1, 0.15) is 32.1 Å². The van der Waals surface area contributed by atoms with Crippen LogP contribution in [-0.2, 0) is 9.53 Å². The average molecular weight is 458 g/mol. The van der Waals surface area contributed by atoms with Gasteiger partial charge in [0.1, 0.15) is 0 Å². The zero-order valence-electron chi connectivity index (χ0n) is 8.97. The summed E-state index contributed by atoms with van der Waals surface area (Å²) in [6.07, 6.45) is 6.07. The third-order valence-electron chi connectivity index (χ3n) is 2.00. The molecule has 0 heterocycles. The van der Waals surface area contributed by atoms with Crippen LogP contribution in [0, 0.1) is 0 Å². The first-order valence-electron chi connectivity index (χ1n) is 4.99. The molecule has 0 atom stereocenters.